The first-order valence-corrected chi connectivity index (χ1v) is 20.8. The highest BCUT2D eigenvalue weighted by Crippen LogP contribution is 2.27. The zero-order valence-corrected chi connectivity index (χ0v) is 31.1. The number of imidazole rings is 1. The molecule has 0 aliphatic rings. The fraction of sp³-hybridized carbons (Fsp3) is 0.929. The van der Waals surface area contributed by atoms with Crippen molar-refractivity contribution in [2.75, 3.05) is 0 Å². The van der Waals surface area contributed by atoms with Crippen LogP contribution in [0.1, 0.15) is 257 Å². The van der Waals surface area contributed by atoms with Gasteiger partial charge in [0.25, 0.3) is 5.82 Å². The van der Waals surface area contributed by atoms with E-state index >= 15 is 0 Å². The molecule has 0 aliphatic carbocycles. The molecule has 1 aromatic rings. The number of nitrogens with zero attached hydrogens (tertiary/aromatic N) is 1. The van der Waals surface area contributed by atoms with E-state index in [1.807, 2.05) is 0 Å². The van der Waals surface area contributed by atoms with E-state index in [0.717, 1.165) is 0 Å². The zero-order chi connectivity index (χ0) is 31.8. The zero-order valence-electron chi connectivity index (χ0n) is 31.1. The Morgan fingerprint density at radius 1 is 0.432 bits per heavy atom. The third-order valence-electron chi connectivity index (χ3n) is 10.4. The van der Waals surface area contributed by atoms with Crippen LogP contribution >= 0.6 is 0 Å². The summed E-state index contributed by atoms with van der Waals surface area (Å²) in [5.74, 6) is 2.23. The monoisotopic (exact) mass is 616 g/mol. The van der Waals surface area contributed by atoms with Crippen molar-refractivity contribution in [3.05, 3.63) is 18.2 Å². The van der Waals surface area contributed by atoms with Crippen molar-refractivity contribution in [3.8, 4) is 0 Å². The van der Waals surface area contributed by atoms with Crippen molar-refractivity contribution in [2.45, 2.75) is 252 Å². The maximum absolute atomic E-state index is 3.71. The number of unbranched alkanes of at least 4 members (excludes halogenated alkanes) is 27. The minimum absolute atomic E-state index is 0.620. The Hall–Kier alpha value is -0.790. The topological polar surface area (TPSA) is 19.7 Å². The molecule has 0 saturated heterocycles. The maximum Gasteiger partial charge on any atom is 0.257 e. The van der Waals surface area contributed by atoms with Gasteiger partial charge in [-0.05, 0) is 32.6 Å². The van der Waals surface area contributed by atoms with Gasteiger partial charge in [-0.25, -0.2) is 9.55 Å². The summed E-state index contributed by atoms with van der Waals surface area (Å²) in [7, 11) is 0. The van der Waals surface area contributed by atoms with E-state index < -0.39 is 0 Å². The van der Waals surface area contributed by atoms with Gasteiger partial charge >= 0.3 is 0 Å². The molecular weight excluding hydrogens is 532 g/mol. The van der Waals surface area contributed by atoms with Crippen molar-refractivity contribution in [2.24, 2.45) is 0 Å². The van der Waals surface area contributed by atoms with Gasteiger partial charge in [0.05, 0.1) is 12.0 Å². The molecule has 2 heteroatoms. The van der Waals surface area contributed by atoms with Crippen LogP contribution < -0.4 is 4.57 Å². The van der Waals surface area contributed by atoms with Gasteiger partial charge < -0.3 is 0 Å². The largest absolute Gasteiger partial charge is 0.257 e. The van der Waals surface area contributed by atoms with Crippen molar-refractivity contribution in [1.82, 2.24) is 4.98 Å². The molecule has 44 heavy (non-hydrogen) atoms. The van der Waals surface area contributed by atoms with Crippen molar-refractivity contribution >= 4 is 0 Å². The van der Waals surface area contributed by atoms with Crippen LogP contribution in [0.5, 0.6) is 0 Å². The molecule has 1 aromatic heterocycles. The van der Waals surface area contributed by atoms with Crippen LogP contribution in [0, 0.1) is 0 Å². The van der Waals surface area contributed by atoms with Crippen LogP contribution in [0.25, 0.3) is 0 Å². The number of rotatable bonds is 35. The van der Waals surface area contributed by atoms with E-state index in [9.17, 15) is 0 Å². The molecule has 0 bridgehead atoms. The molecule has 0 saturated carbocycles. The SMILES string of the molecule is CCCCCCCCCCCCCCCCCC(CCCC)c1[nH]cc[n+]1C(C)CCCCCCCCCCCCCCC. The van der Waals surface area contributed by atoms with Crippen LogP contribution in [-0.2, 0) is 0 Å². The average molecular weight is 616 g/mol. The van der Waals surface area contributed by atoms with E-state index in [2.05, 4.69) is 49.6 Å². The summed E-state index contributed by atoms with van der Waals surface area (Å²) in [5, 5.41) is 0. The third-order valence-corrected chi connectivity index (χ3v) is 10.4. The predicted octanol–water partition coefficient (Wildman–Crippen LogP) is 14.9. The normalized spacial score (nSPS) is 13.1. The molecule has 1 heterocycles. The van der Waals surface area contributed by atoms with Gasteiger partial charge in [-0.15, -0.1) is 0 Å². The van der Waals surface area contributed by atoms with E-state index in [1.165, 1.54) is 218 Å². The summed E-state index contributed by atoms with van der Waals surface area (Å²) in [6, 6.07) is 0.620. The first kappa shape index (κ1) is 41.2. The lowest BCUT2D eigenvalue weighted by Gasteiger charge is -2.17. The number of hydrogen-bond acceptors (Lipinski definition) is 0. The predicted molar refractivity (Wildman–Crippen MR) is 198 cm³/mol. The Bertz CT molecular complexity index is 679. The van der Waals surface area contributed by atoms with Crippen molar-refractivity contribution in [1.29, 1.82) is 0 Å². The van der Waals surface area contributed by atoms with Crippen LogP contribution in [0.15, 0.2) is 12.4 Å². The summed E-state index contributed by atoms with van der Waals surface area (Å²) < 4.78 is 2.62. The van der Waals surface area contributed by atoms with Gasteiger partial charge in [0, 0.05) is 0 Å². The maximum atomic E-state index is 3.71. The van der Waals surface area contributed by atoms with Gasteiger partial charge in [-0.2, -0.15) is 0 Å². The summed E-state index contributed by atoms with van der Waals surface area (Å²) >= 11 is 0. The highest BCUT2D eigenvalue weighted by Gasteiger charge is 2.25. The number of H-pyrrole nitrogens is 1. The van der Waals surface area contributed by atoms with Gasteiger partial charge in [-0.3, -0.25) is 0 Å². The second-order valence-electron chi connectivity index (χ2n) is 14.7. The Labute approximate surface area is 278 Å². The minimum atomic E-state index is 0.620. The molecule has 0 aromatic carbocycles. The molecule has 1 rings (SSSR count). The lowest BCUT2D eigenvalue weighted by Crippen LogP contribution is -2.41. The molecule has 2 atom stereocenters. The van der Waals surface area contributed by atoms with E-state index in [-0.39, 0.29) is 0 Å². The molecular formula is C42H83N2+. The smallest absolute Gasteiger partial charge is 0.247 e. The van der Waals surface area contributed by atoms with Gasteiger partial charge in [0.15, 0.2) is 0 Å². The van der Waals surface area contributed by atoms with Crippen LogP contribution in [0.2, 0.25) is 0 Å². The van der Waals surface area contributed by atoms with Crippen LogP contribution in [0.4, 0.5) is 0 Å². The van der Waals surface area contributed by atoms with Crippen molar-refractivity contribution < 1.29 is 4.57 Å². The van der Waals surface area contributed by atoms with E-state index in [0.29, 0.717) is 12.0 Å². The summed E-state index contributed by atoms with van der Waals surface area (Å²) in [5.41, 5.74) is 0. The summed E-state index contributed by atoms with van der Waals surface area (Å²) in [6.45, 7) is 9.43. The Morgan fingerprint density at radius 2 is 0.750 bits per heavy atom. The Morgan fingerprint density at radius 3 is 1.14 bits per heavy atom. The standard InChI is InChI=1S/C42H82N2/c1-5-8-11-13-15-17-19-21-22-24-26-28-30-32-34-37-41(36-10-7-3)42-43-38-39-44(42)40(4)35-33-31-29-27-25-23-20-18-16-14-12-9-6-2/h38-41H,5-37H2,1-4H3/p+1. The average Bonchev–Trinajstić information content (AvgIpc) is 3.53. The fourth-order valence-corrected chi connectivity index (χ4v) is 7.30. The molecule has 0 spiro atoms. The number of aromatic amines is 1. The van der Waals surface area contributed by atoms with Crippen molar-refractivity contribution in [3.63, 3.8) is 0 Å². The quantitative estimate of drug-likeness (QED) is 0.0579. The lowest BCUT2D eigenvalue weighted by atomic mass is 9.93. The highest BCUT2D eigenvalue weighted by molar-refractivity contribution is 4.90. The molecule has 0 aliphatic heterocycles. The molecule has 2 unspecified atom stereocenters. The second kappa shape index (κ2) is 32.2. The van der Waals surface area contributed by atoms with Gasteiger partial charge in [0.1, 0.15) is 12.4 Å². The van der Waals surface area contributed by atoms with Crippen LogP contribution in [0.3, 0.4) is 0 Å². The molecule has 0 amide bonds. The third kappa shape index (κ3) is 23.5. The second-order valence-corrected chi connectivity index (χ2v) is 14.7. The molecule has 0 radical (unpaired) electrons. The van der Waals surface area contributed by atoms with Gasteiger partial charge in [-0.1, -0.05) is 207 Å². The molecule has 2 nitrogen and oxygen atoms in total. The molecule has 1 N–H and O–H groups in total. The van der Waals surface area contributed by atoms with E-state index in [1.54, 1.807) is 0 Å². The minimum Gasteiger partial charge on any atom is -0.247 e. The first-order chi connectivity index (χ1) is 21.7. The highest BCUT2D eigenvalue weighted by atomic mass is 15.1. The number of hydrogen-bond donors (Lipinski definition) is 1. The summed E-state index contributed by atoms with van der Waals surface area (Å²) in [4.78, 5) is 3.71. The fourth-order valence-electron chi connectivity index (χ4n) is 7.30. The first-order valence-electron chi connectivity index (χ1n) is 20.8. The molecule has 0 fully saturated rings. The van der Waals surface area contributed by atoms with Crippen LogP contribution in [-0.4, -0.2) is 4.98 Å². The summed E-state index contributed by atoms with van der Waals surface area (Å²) in [6.07, 6.45) is 51.7. The Kier molecular flexibility index (Phi) is 30.1. The lowest BCUT2D eigenvalue weighted by molar-refractivity contribution is -0.727. The number of nitrogens with one attached hydrogen (secondary N) is 1. The molecule has 260 valence electrons. The Balaban J connectivity index is 2.15. The number of aromatic nitrogens is 2. The van der Waals surface area contributed by atoms with Gasteiger partial charge in [0.2, 0.25) is 0 Å². The van der Waals surface area contributed by atoms with E-state index in [4.69, 9.17) is 0 Å².